The first-order chi connectivity index (χ1) is 10.0. The first-order valence-corrected chi connectivity index (χ1v) is 7.77. The van der Waals surface area contributed by atoms with Gasteiger partial charge in [0.2, 0.25) is 5.91 Å². The molecule has 1 rings (SSSR count). The minimum Gasteiger partial charge on any atom is -0.462 e. The van der Waals surface area contributed by atoms with Crippen molar-refractivity contribution < 1.29 is 14.3 Å². The van der Waals surface area contributed by atoms with E-state index in [0.717, 1.165) is 6.42 Å². The molecule has 1 aromatic carbocycles. The maximum Gasteiger partial charge on any atom is 0.338 e. The lowest BCUT2D eigenvalue weighted by molar-refractivity contribution is -0.117. The molecule has 0 aliphatic carbocycles. The summed E-state index contributed by atoms with van der Waals surface area (Å²) in [6, 6.07) is 4.93. The molecular formula is C15H21BrN2O3. The van der Waals surface area contributed by atoms with Crippen LogP contribution in [0.25, 0.3) is 0 Å². The molecule has 5 nitrogen and oxygen atoms in total. The maximum atomic E-state index is 11.9. The molecule has 1 amide bonds. The summed E-state index contributed by atoms with van der Waals surface area (Å²) < 4.78 is 5.57. The molecule has 3 N–H and O–H groups in total. The van der Waals surface area contributed by atoms with Crippen LogP contribution >= 0.6 is 15.9 Å². The lowest BCUT2D eigenvalue weighted by atomic mass is 10.0. The van der Waals surface area contributed by atoms with Crippen LogP contribution in [0, 0.1) is 5.92 Å². The highest BCUT2D eigenvalue weighted by Gasteiger charge is 2.13. The number of amides is 1. The van der Waals surface area contributed by atoms with Gasteiger partial charge in [0.15, 0.2) is 0 Å². The Hall–Kier alpha value is -1.40. The van der Waals surface area contributed by atoms with Gasteiger partial charge in [-0.1, -0.05) is 13.3 Å². The van der Waals surface area contributed by atoms with E-state index < -0.39 is 0 Å². The second-order valence-corrected chi connectivity index (χ2v) is 5.53. The minimum absolute atomic E-state index is 0.0862. The van der Waals surface area contributed by atoms with Gasteiger partial charge in [0.05, 0.1) is 17.9 Å². The topological polar surface area (TPSA) is 81.4 Å². The van der Waals surface area contributed by atoms with E-state index in [0.29, 0.717) is 35.3 Å². The predicted molar refractivity (Wildman–Crippen MR) is 86.2 cm³/mol. The molecule has 0 aliphatic heterocycles. The van der Waals surface area contributed by atoms with Gasteiger partial charge in [0, 0.05) is 10.9 Å². The SMILES string of the molecule is CCOC(=O)c1ccc(NC(=O)CC(CC)CN)c(Br)c1. The molecule has 6 heteroatoms. The molecule has 0 aliphatic rings. The molecule has 0 fully saturated rings. The van der Waals surface area contributed by atoms with E-state index in [4.69, 9.17) is 10.5 Å². The van der Waals surface area contributed by atoms with Gasteiger partial charge in [0.25, 0.3) is 0 Å². The number of rotatable bonds is 7. The number of hydrogen-bond donors (Lipinski definition) is 2. The first kappa shape index (κ1) is 17.7. The van der Waals surface area contributed by atoms with Crippen molar-refractivity contribution in [1.82, 2.24) is 0 Å². The van der Waals surface area contributed by atoms with Crippen molar-refractivity contribution in [2.75, 3.05) is 18.5 Å². The molecule has 0 heterocycles. The van der Waals surface area contributed by atoms with E-state index in [1.807, 2.05) is 6.92 Å². The number of carbonyl (C=O) groups excluding carboxylic acids is 2. The summed E-state index contributed by atoms with van der Waals surface area (Å²) in [5, 5.41) is 2.81. The second kappa shape index (κ2) is 8.79. The van der Waals surface area contributed by atoms with Crippen molar-refractivity contribution >= 4 is 33.5 Å². The summed E-state index contributed by atoms with van der Waals surface area (Å²) in [4.78, 5) is 23.5. The van der Waals surface area contributed by atoms with Gasteiger partial charge in [0.1, 0.15) is 0 Å². The van der Waals surface area contributed by atoms with Crippen LogP contribution in [0.1, 0.15) is 37.0 Å². The number of hydrogen-bond acceptors (Lipinski definition) is 4. The summed E-state index contributed by atoms with van der Waals surface area (Å²) in [5.41, 5.74) is 6.66. The van der Waals surface area contributed by atoms with E-state index in [2.05, 4.69) is 21.2 Å². The van der Waals surface area contributed by atoms with E-state index in [1.165, 1.54) is 0 Å². The van der Waals surface area contributed by atoms with Crippen LogP contribution in [-0.2, 0) is 9.53 Å². The fourth-order valence-corrected chi connectivity index (χ4v) is 2.29. The van der Waals surface area contributed by atoms with Crippen LogP contribution in [0.5, 0.6) is 0 Å². The molecule has 0 bridgehead atoms. The summed E-state index contributed by atoms with van der Waals surface area (Å²) in [5.74, 6) is -0.287. The van der Waals surface area contributed by atoms with Gasteiger partial charge in [-0.2, -0.15) is 0 Å². The Kier molecular flexibility index (Phi) is 7.39. The molecule has 1 unspecified atom stereocenters. The fourth-order valence-electron chi connectivity index (χ4n) is 1.82. The number of esters is 1. The Morgan fingerprint density at radius 2 is 2.10 bits per heavy atom. The van der Waals surface area contributed by atoms with Crippen LogP contribution in [0.3, 0.4) is 0 Å². The van der Waals surface area contributed by atoms with E-state index >= 15 is 0 Å². The molecule has 0 radical (unpaired) electrons. The summed E-state index contributed by atoms with van der Waals surface area (Å²) >= 11 is 3.35. The van der Waals surface area contributed by atoms with Gasteiger partial charge in [-0.25, -0.2) is 4.79 Å². The van der Waals surface area contributed by atoms with Crippen LogP contribution in [0.15, 0.2) is 22.7 Å². The van der Waals surface area contributed by atoms with Crippen LogP contribution < -0.4 is 11.1 Å². The van der Waals surface area contributed by atoms with Crippen molar-refractivity contribution in [2.45, 2.75) is 26.7 Å². The molecular weight excluding hydrogens is 336 g/mol. The maximum absolute atomic E-state index is 11.9. The Balaban J connectivity index is 2.72. The highest BCUT2D eigenvalue weighted by atomic mass is 79.9. The van der Waals surface area contributed by atoms with Gasteiger partial charge in [-0.05, 0) is 53.5 Å². The monoisotopic (exact) mass is 356 g/mol. The third-order valence-corrected chi connectivity index (χ3v) is 3.80. The molecule has 0 saturated heterocycles. The second-order valence-electron chi connectivity index (χ2n) is 4.68. The molecule has 116 valence electrons. The molecule has 1 atom stereocenters. The van der Waals surface area contributed by atoms with Crippen LogP contribution in [-0.4, -0.2) is 25.0 Å². The number of benzene rings is 1. The molecule has 0 aromatic heterocycles. The normalized spacial score (nSPS) is 11.8. The van der Waals surface area contributed by atoms with Crippen molar-refractivity contribution in [2.24, 2.45) is 11.7 Å². The standard InChI is InChI=1S/C15H21BrN2O3/c1-3-10(9-17)7-14(19)18-13-6-5-11(8-12(13)16)15(20)21-4-2/h5-6,8,10H,3-4,7,9,17H2,1-2H3,(H,18,19). The van der Waals surface area contributed by atoms with Crippen molar-refractivity contribution in [1.29, 1.82) is 0 Å². The fraction of sp³-hybridized carbons (Fsp3) is 0.467. The summed E-state index contributed by atoms with van der Waals surface area (Å²) in [6.45, 7) is 4.58. The number of nitrogens with one attached hydrogen (secondary N) is 1. The Morgan fingerprint density at radius 3 is 2.62 bits per heavy atom. The lowest BCUT2D eigenvalue weighted by Gasteiger charge is -2.13. The molecule has 0 spiro atoms. The van der Waals surface area contributed by atoms with E-state index in [9.17, 15) is 9.59 Å². The van der Waals surface area contributed by atoms with Gasteiger partial charge in [-0.15, -0.1) is 0 Å². The molecule has 1 aromatic rings. The molecule has 0 saturated carbocycles. The Bertz CT molecular complexity index is 502. The largest absolute Gasteiger partial charge is 0.462 e. The smallest absolute Gasteiger partial charge is 0.338 e. The van der Waals surface area contributed by atoms with Gasteiger partial charge in [-0.3, -0.25) is 4.79 Å². The van der Waals surface area contributed by atoms with E-state index in [1.54, 1.807) is 25.1 Å². The van der Waals surface area contributed by atoms with Crippen molar-refractivity contribution in [3.63, 3.8) is 0 Å². The predicted octanol–water partition coefficient (Wildman–Crippen LogP) is 2.94. The molecule has 21 heavy (non-hydrogen) atoms. The lowest BCUT2D eigenvalue weighted by Crippen LogP contribution is -2.21. The number of nitrogens with two attached hydrogens (primary N) is 1. The zero-order chi connectivity index (χ0) is 15.8. The van der Waals surface area contributed by atoms with Crippen LogP contribution in [0.2, 0.25) is 0 Å². The number of ether oxygens (including phenoxy) is 1. The number of anilines is 1. The summed E-state index contributed by atoms with van der Waals surface area (Å²) in [7, 11) is 0. The van der Waals surface area contributed by atoms with Crippen molar-refractivity contribution in [3.05, 3.63) is 28.2 Å². The van der Waals surface area contributed by atoms with Crippen molar-refractivity contribution in [3.8, 4) is 0 Å². The number of carbonyl (C=O) groups is 2. The van der Waals surface area contributed by atoms with Gasteiger partial charge >= 0.3 is 5.97 Å². The van der Waals surface area contributed by atoms with E-state index in [-0.39, 0.29) is 17.8 Å². The highest BCUT2D eigenvalue weighted by molar-refractivity contribution is 9.10. The minimum atomic E-state index is -0.384. The first-order valence-electron chi connectivity index (χ1n) is 6.98. The van der Waals surface area contributed by atoms with Gasteiger partial charge < -0.3 is 15.8 Å². The zero-order valence-electron chi connectivity index (χ0n) is 12.3. The Labute approximate surface area is 133 Å². The quantitative estimate of drug-likeness (QED) is 0.735. The van der Waals surface area contributed by atoms with Crippen LogP contribution in [0.4, 0.5) is 5.69 Å². The zero-order valence-corrected chi connectivity index (χ0v) is 13.9. The average molecular weight is 357 g/mol. The average Bonchev–Trinajstić information content (AvgIpc) is 2.47. The summed E-state index contributed by atoms with van der Waals surface area (Å²) in [6.07, 6.45) is 1.26. The third kappa shape index (κ3) is 5.47. The third-order valence-electron chi connectivity index (χ3n) is 3.14. The Morgan fingerprint density at radius 1 is 1.38 bits per heavy atom. The highest BCUT2D eigenvalue weighted by Crippen LogP contribution is 2.24. The number of halogens is 1.